The second-order valence-corrected chi connectivity index (χ2v) is 7.38. The molecule has 0 N–H and O–H groups in total. The summed E-state index contributed by atoms with van der Waals surface area (Å²) in [6.45, 7) is 0. The Hall–Kier alpha value is 0.810. The lowest BCUT2D eigenvalue weighted by molar-refractivity contribution is 0.592. The first kappa shape index (κ1) is 27.0. The zero-order valence-corrected chi connectivity index (χ0v) is 22.9. The van der Waals surface area contributed by atoms with E-state index in [-0.39, 0.29) is 95.9 Å². The summed E-state index contributed by atoms with van der Waals surface area (Å²) in [6, 6.07) is 29.1. The summed E-state index contributed by atoms with van der Waals surface area (Å²) in [5.74, 6) is 0. The van der Waals surface area contributed by atoms with Crippen molar-refractivity contribution in [2.24, 2.45) is 0 Å². The molecule has 0 fully saturated rings. The minimum absolute atomic E-state index is 0. The Morgan fingerprint density at radius 3 is 0.833 bits per heavy atom. The largest absolute Gasteiger partial charge is 0.309 e. The molecule has 0 spiro atoms. The molecule has 0 bridgehead atoms. The average molecular weight is 790 g/mol. The van der Waals surface area contributed by atoms with Crippen LogP contribution in [-0.2, 0) is 4.57 Å². The number of benzene rings is 3. The van der Waals surface area contributed by atoms with Gasteiger partial charge in [-0.25, -0.2) is 0 Å². The maximum atomic E-state index is 13.8. The van der Waals surface area contributed by atoms with Crippen molar-refractivity contribution in [3.05, 3.63) is 91.0 Å². The standard InChI is InChI=1S/C18H15OP.4HI/c19-20(16-10-4-1-5-11-16,17-12-6-2-7-13-17)18-14-8-3-9-15-18;;;;/h1-15H;4*1H. The maximum Gasteiger partial charge on any atom is 0.171 e. The molecule has 0 aliphatic carbocycles. The lowest BCUT2D eigenvalue weighted by atomic mass is 10.4. The van der Waals surface area contributed by atoms with Gasteiger partial charge in [0.25, 0.3) is 0 Å². The average Bonchev–Trinajstić information content (AvgIpc) is 2.56. The van der Waals surface area contributed by atoms with E-state index in [9.17, 15) is 4.57 Å². The van der Waals surface area contributed by atoms with Gasteiger partial charge in [-0.05, 0) is 0 Å². The molecule has 0 aliphatic heterocycles. The SMILES string of the molecule is I.I.I.I.O=P(c1ccccc1)(c1ccccc1)c1ccccc1. The van der Waals surface area contributed by atoms with Gasteiger partial charge in [-0.15, -0.1) is 95.9 Å². The Kier molecular flexibility index (Phi) is 14.7. The molecule has 0 saturated carbocycles. The van der Waals surface area contributed by atoms with Gasteiger partial charge in [0.2, 0.25) is 0 Å². The van der Waals surface area contributed by atoms with E-state index in [1.807, 2.05) is 91.0 Å². The summed E-state index contributed by atoms with van der Waals surface area (Å²) in [7, 11) is -2.78. The van der Waals surface area contributed by atoms with Gasteiger partial charge in [0.1, 0.15) is 0 Å². The van der Waals surface area contributed by atoms with Gasteiger partial charge in [0, 0.05) is 15.9 Å². The molecule has 0 aliphatic rings. The van der Waals surface area contributed by atoms with Gasteiger partial charge in [-0.2, -0.15) is 0 Å². The van der Waals surface area contributed by atoms with Crippen molar-refractivity contribution in [1.82, 2.24) is 0 Å². The van der Waals surface area contributed by atoms with Gasteiger partial charge in [-0.1, -0.05) is 91.0 Å². The van der Waals surface area contributed by atoms with Crippen LogP contribution < -0.4 is 15.9 Å². The van der Waals surface area contributed by atoms with Crippen molar-refractivity contribution in [2.45, 2.75) is 0 Å². The molecule has 0 aromatic heterocycles. The first-order valence-corrected chi connectivity index (χ1v) is 8.29. The fourth-order valence-corrected chi connectivity index (χ4v) is 5.03. The lowest BCUT2D eigenvalue weighted by Gasteiger charge is -2.19. The molecular formula is C18H19I4OP. The van der Waals surface area contributed by atoms with E-state index < -0.39 is 7.14 Å². The predicted octanol–water partition coefficient (Wildman–Crippen LogP) is 5.80. The van der Waals surface area contributed by atoms with Crippen LogP contribution in [0, 0.1) is 0 Å². The number of rotatable bonds is 3. The highest BCUT2D eigenvalue weighted by molar-refractivity contribution is 14.0. The van der Waals surface area contributed by atoms with Gasteiger partial charge in [0.15, 0.2) is 7.14 Å². The van der Waals surface area contributed by atoms with Crippen molar-refractivity contribution in [3.8, 4) is 0 Å². The summed E-state index contributed by atoms with van der Waals surface area (Å²) >= 11 is 0. The predicted molar refractivity (Wildman–Crippen MR) is 147 cm³/mol. The maximum absolute atomic E-state index is 13.8. The zero-order valence-electron chi connectivity index (χ0n) is 12.6. The van der Waals surface area contributed by atoms with Crippen LogP contribution in [0.15, 0.2) is 91.0 Å². The van der Waals surface area contributed by atoms with Gasteiger partial charge >= 0.3 is 0 Å². The topological polar surface area (TPSA) is 17.1 Å². The Balaban J connectivity index is 0. The summed E-state index contributed by atoms with van der Waals surface area (Å²) in [4.78, 5) is 0. The first-order valence-electron chi connectivity index (χ1n) is 6.59. The fourth-order valence-electron chi connectivity index (χ4n) is 2.36. The third kappa shape index (κ3) is 5.92. The van der Waals surface area contributed by atoms with E-state index in [1.165, 1.54) is 0 Å². The van der Waals surface area contributed by atoms with Crippen LogP contribution >= 0.6 is 103 Å². The van der Waals surface area contributed by atoms with Crippen LogP contribution in [-0.4, -0.2) is 0 Å². The van der Waals surface area contributed by atoms with E-state index in [0.717, 1.165) is 15.9 Å². The third-order valence-electron chi connectivity index (χ3n) is 3.36. The highest BCUT2D eigenvalue weighted by Gasteiger charge is 2.28. The summed E-state index contributed by atoms with van der Waals surface area (Å²) < 4.78 is 13.8. The Morgan fingerprint density at radius 2 is 0.625 bits per heavy atom. The van der Waals surface area contributed by atoms with E-state index in [0.29, 0.717) is 0 Å². The fraction of sp³-hybridized carbons (Fsp3) is 0. The van der Waals surface area contributed by atoms with Crippen molar-refractivity contribution in [3.63, 3.8) is 0 Å². The number of hydrogen-bond acceptors (Lipinski definition) is 1. The molecule has 3 rings (SSSR count). The molecule has 0 atom stereocenters. The first-order chi connectivity index (χ1) is 9.82. The van der Waals surface area contributed by atoms with Crippen LogP contribution in [0.3, 0.4) is 0 Å². The smallest absolute Gasteiger partial charge is 0.171 e. The molecule has 130 valence electrons. The van der Waals surface area contributed by atoms with Crippen LogP contribution in [0.4, 0.5) is 0 Å². The van der Waals surface area contributed by atoms with Crippen LogP contribution in [0.25, 0.3) is 0 Å². The van der Waals surface area contributed by atoms with E-state index in [2.05, 4.69) is 0 Å². The van der Waals surface area contributed by atoms with E-state index in [4.69, 9.17) is 0 Å². The Labute approximate surface area is 211 Å². The van der Waals surface area contributed by atoms with E-state index >= 15 is 0 Å². The van der Waals surface area contributed by atoms with Crippen molar-refractivity contribution >= 4 is 119 Å². The third-order valence-corrected chi connectivity index (χ3v) is 6.44. The highest BCUT2D eigenvalue weighted by Crippen LogP contribution is 2.41. The normalized spacial score (nSPS) is 9.33. The Bertz CT molecular complexity index is 633. The van der Waals surface area contributed by atoms with Crippen molar-refractivity contribution in [2.75, 3.05) is 0 Å². The minimum atomic E-state index is -2.78. The molecule has 24 heavy (non-hydrogen) atoms. The van der Waals surface area contributed by atoms with Gasteiger partial charge in [0.05, 0.1) is 0 Å². The zero-order chi connectivity index (χ0) is 13.8. The molecule has 0 heterocycles. The second kappa shape index (κ2) is 13.1. The highest BCUT2D eigenvalue weighted by atomic mass is 127. The van der Waals surface area contributed by atoms with Crippen LogP contribution in [0.5, 0.6) is 0 Å². The monoisotopic (exact) mass is 790 g/mol. The molecule has 0 saturated heterocycles. The molecule has 3 aromatic carbocycles. The summed E-state index contributed by atoms with van der Waals surface area (Å²) in [5.41, 5.74) is 0. The molecule has 0 radical (unpaired) electrons. The second-order valence-electron chi connectivity index (χ2n) is 4.62. The van der Waals surface area contributed by atoms with Gasteiger partial charge < -0.3 is 4.57 Å². The van der Waals surface area contributed by atoms with E-state index in [1.54, 1.807) is 0 Å². The lowest BCUT2D eigenvalue weighted by Crippen LogP contribution is -2.24. The molecule has 3 aromatic rings. The van der Waals surface area contributed by atoms with Crippen molar-refractivity contribution in [1.29, 1.82) is 0 Å². The van der Waals surface area contributed by atoms with Crippen LogP contribution in [0.2, 0.25) is 0 Å². The van der Waals surface area contributed by atoms with Crippen molar-refractivity contribution < 1.29 is 4.57 Å². The summed E-state index contributed by atoms with van der Waals surface area (Å²) in [5, 5.41) is 2.62. The Morgan fingerprint density at radius 1 is 0.417 bits per heavy atom. The van der Waals surface area contributed by atoms with Crippen LogP contribution in [0.1, 0.15) is 0 Å². The summed E-state index contributed by atoms with van der Waals surface area (Å²) in [6.07, 6.45) is 0. The molecule has 0 amide bonds. The molecule has 1 nitrogen and oxygen atoms in total. The molecular weight excluding hydrogens is 771 g/mol. The van der Waals surface area contributed by atoms with Gasteiger partial charge in [-0.3, -0.25) is 0 Å². The number of hydrogen-bond donors (Lipinski definition) is 0. The number of halogens is 4. The quantitative estimate of drug-likeness (QED) is 0.243. The molecule has 0 unspecified atom stereocenters. The molecule has 6 heteroatoms. The minimum Gasteiger partial charge on any atom is -0.309 e.